The zero-order valence-electron chi connectivity index (χ0n) is 12.4. The van der Waals surface area contributed by atoms with Crippen LogP contribution in [0.5, 0.6) is 0 Å². The van der Waals surface area contributed by atoms with Crippen LogP contribution in [0.25, 0.3) is 0 Å². The summed E-state index contributed by atoms with van der Waals surface area (Å²) in [6, 6.07) is 9.98. The highest BCUT2D eigenvalue weighted by Crippen LogP contribution is 2.56. The number of nitrogens with zero attached hydrogens (tertiary/aromatic N) is 1. The molecule has 1 saturated carbocycles. The molecule has 1 aromatic carbocycles. The topological polar surface area (TPSA) is 46.6 Å². The Hall–Kier alpha value is -1.84. The molecule has 1 aliphatic carbocycles. The fourth-order valence-electron chi connectivity index (χ4n) is 3.29. The Balaban J connectivity index is 1.66. The van der Waals surface area contributed by atoms with Crippen LogP contribution >= 0.6 is 0 Å². The van der Waals surface area contributed by atoms with Crippen molar-refractivity contribution in [3.63, 3.8) is 0 Å². The Bertz CT molecular complexity index is 536. The van der Waals surface area contributed by atoms with Gasteiger partial charge in [0.1, 0.15) is 0 Å². The lowest BCUT2D eigenvalue weighted by Crippen LogP contribution is -2.30. The zero-order valence-corrected chi connectivity index (χ0v) is 12.4. The Morgan fingerprint density at radius 1 is 1.33 bits per heavy atom. The number of ether oxygens (including phenoxy) is 1. The van der Waals surface area contributed by atoms with Gasteiger partial charge in [0.15, 0.2) is 0 Å². The lowest BCUT2D eigenvalue weighted by atomic mass is 9.88. The Morgan fingerprint density at radius 3 is 2.67 bits per heavy atom. The SMILES string of the molecule is CCOC(=O)C1(C2CC(=O)N(Cc3ccccc3)C2)CC1. The summed E-state index contributed by atoms with van der Waals surface area (Å²) in [5, 5.41) is 0. The van der Waals surface area contributed by atoms with E-state index in [1.165, 1.54) is 0 Å². The molecule has 21 heavy (non-hydrogen) atoms. The first-order valence-corrected chi connectivity index (χ1v) is 7.64. The number of rotatable bonds is 5. The molecule has 1 aliphatic heterocycles. The van der Waals surface area contributed by atoms with Crippen molar-refractivity contribution in [3.8, 4) is 0 Å². The van der Waals surface area contributed by atoms with Gasteiger partial charge in [0.2, 0.25) is 5.91 Å². The summed E-state index contributed by atoms with van der Waals surface area (Å²) in [6.07, 6.45) is 2.21. The number of benzene rings is 1. The van der Waals surface area contributed by atoms with E-state index in [1.807, 2.05) is 42.2 Å². The van der Waals surface area contributed by atoms with E-state index in [9.17, 15) is 9.59 Å². The molecule has 0 radical (unpaired) electrons. The van der Waals surface area contributed by atoms with Gasteiger partial charge in [0, 0.05) is 25.4 Å². The standard InChI is InChI=1S/C17H21NO3/c1-2-21-16(20)17(8-9-17)14-10-15(19)18(12-14)11-13-6-4-3-5-7-13/h3-7,14H,2,8-12H2,1H3. The number of hydrogen-bond donors (Lipinski definition) is 0. The van der Waals surface area contributed by atoms with Crippen LogP contribution in [-0.4, -0.2) is 29.9 Å². The van der Waals surface area contributed by atoms with E-state index in [0.29, 0.717) is 26.1 Å². The van der Waals surface area contributed by atoms with E-state index >= 15 is 0 Å². The third-order valence-corrected chi connectivity index (χ3v) is 4.68. The lowest BCUT2D eigenvalue weighted by Gasteiger charge is -2.21. The Morgan fingerprint density at radius 2 is 2.05 bits per heavy atom. The Labute approximate surface area is 125 Å². The highest BCUT2D eigenvalue weighted by molar-refractivity contribution is 5.84. The molecular formula is C17H21NO3. The van der Waals surface area contributed by atoms with Gasteiger partial charge in [-0.05, 0) is 25.3 Å². The van der Waals surface area contributed by atoms with Crippen molar-refractivity contribution in [2.75, 3.05) is 13.2 Å². The van der Waals surface area contributed by atoms with Crippen molar-refractivity contribution in [1.29, 1.82) is 0 Å². The van der Waals surface area contributed by atoms with Crippen molar-refractivity contribution in [3.05, 3.63) is 35.9 Å². The average Bonchev–Trinajstić information content (AvgIpc) is 3.22. The van der Waals surface area contributed by atoms with Crippen molar-refractivity contribution in [2.24, 2.45) is 11.3 Å². The maximum absolute atomic E-state index is 12.2. The van der Waals surface area contributed by atoms with E-state index in [-0.39, 0.29) is 23.2 Å². The fraction of sp³-hybridized carbons (Fsp3) is 0.529. The number of hydrogen-bond acceptors (Lipinski definition) is 3. The second kappa shape index (κ2) is 5.51. The van der Waals surface area contributed by atoms with Gasteiger partial charge >= 0.3 is 5.97 Å². The molecule has 4 heteroatoms. The van der Waals surface area contributed by atoms with Gasteiger partial charge in [-0.3, -0.25) is 9.59 Å². The van der Waals surface area contributed by atoms with Crippen LogP contribution in [0, 0.1) is 11.3 Å². The van der Waals surface area contributed by atoms with E-state index in [0.717, 1.165) is 18.4 Å². The smallest absolute Gasteiger partial charge is 0.312 e. The molecule has 0 aromatic heterocycles. The highest BCUT2D eigenvalue weighted by Gasteiger charge is 2.59. The zero-order chi connectivity index (χ0) is 14.9. The van der Waals surface area contributed by atoms with E-state index in [1.54, 1.807) is 0 Å². The van der Waals surface area contributed by atoms with Crippen molar-refractivity contribution in [1.82, 2.24) is 4.90 Å². The van der Waals surface area contributed by atoms with Crippen LogP contribution < -0.4 is 0 Å². The molecule has 2 fully saturated rings. The second-order valence-corrected chi connectivity index (χ2v) is 6.04. The first kappa shape index (κ1) is 14.1. The molecule has 3 rings (SSSR count). The van der Waals surface area contributed by atoms with Crippen LogP contribution in [0.1, 0.15) is 31.7 Å². The monoisotopic (exact) mass is 287 g/mol. The largest absolute Gasteiger partial charge is 0.466 e. The molecule has 0 bridgehead atoms. The van der Waals surface area contributed by atoms with Crippen molar-refractivity contribution < 1.29 is 14.3 Å². The molecule has 0 N–H and O–H groups in total. The summed E-state index contributed by atoms with van der Waals surface area (Å²) >= 11 is 0. The summed E-state index contributed by atoms with van der Waals surface area (Å²) in [6.45, 7) is 3.55. The summed E-state index contributed by atoms with van der Waals surface area (Å²) in [7, 11) is 0. The van der Waals surface area contributed by atoms with Crippen LogP contribution in [0.2, 0.25) is 0 Å². The predicted molar refractivity (Wildman–Crippen MR) is 78.3 cm³/mol. The number of likely N-dealkylation sites (tertiary alicyclic amines) is 1. The number of amides is 1. The van der Waals surface area contributed by atoms with E-state index < -0.39 is 0 Å². The molecular weight excluding hydrogens is 266 g/mol. The summed E-state index contributed by atoms with van der Waals surface area (Å²) in [5.74, 6) is 0.163. The van der Waals surface area contributed by atoms with Gasteiger partial charge in [-0.25, -0.2) is 0 Å². The second-order valence-electron chi connectivity index (χ2n) is 6.04. The van der Waals surface area contributed by atoms with Gasteiger partial charge in [-0.1, -0.05) is 30.3 Å². The normalized spacial score (nSPS) is 23.2. The highest BCUT2D eigenvalue weighted by atomic mass is 16.5. The molecule has 1 unspecified atom stereocenters. The van der Waals surface area contributed by atoms with Gasteiger partial charge in [0.05, 0.1) is 12.0 Å². The minimum absolute atomic E-state index is 0.107. The first-order valence-electron chi connectivity index (χ1n) is 7.64. The number of esters is 1. The summed E-state index contributed by atoms with van der Waals surface area (Å²) in [4.78, 5) is 26.2. The lowest BCUT2D eigenvalue weighted by molar-refractivity contribution is -0.151. The van der Waals surface area contributed by atoms with Gasteiger partial charge < -0.3 is 9.64 Å². The molecule has 4 nitrogen and oxygen atoms in total. The summed E-state index contributed by atoms with van der Waals surface area (Å²) in [5.41, 5.74) is 0.754. The molecule has 0 spiro atoms. The molecule has 1 amide bonds. The van der Waals surface area contributed by atoms with Crippen LogP contribution in [-0.2, 0) is 20.9 Å². The molecule has 1 aromatic rings. The van der Waals surface area contributed by atoms with Crippen molar-refractivity contribution >= 4 is 11.9 Å². The maximum atomic E-state index is 12.2. The maximum Gasteiger partial charge on any atom is 0.312 e. The third kappa shape index (κ3) is 2.67. The van der Waals surface area contributed by atoms with Crippen LogP contribution in [0.15, 0.2) is 30.3 Å². The number of carbonyl (C=O) groups is 2. The van der Waals surface area contributed by atoms with E-state index in [2.05, 4.69) is 0 Å². The molecule has 2 aliphatic rings. The fourth-order valence-corrected chi connectivity index (χ4v) is 3.29. The minimum atomic E-state index is -0.378. The van der Waals surface area contributed by atoms with Gasteiger partial charge in [-0.2, -0.15) is 0 Å². The molecule has 1 heterocycles. The van der Waals surface area contributed by atoms with Crippen LogP contribution in [0.3, 0.4) is 0 Å². The molecule has 1 atom stereocenters. The first-order chi connectivity index (χ1) is 10.2. The average molecular weight is 287 g/mol. The molecule has 112 valence electrons. The van der Waals surface area contributed by atoms with Crippen molar-refractivity contribution in [2.45, 2.75) is 32.7 Å². The minimum Gasteiger partial charge on any atom is -0.466 e. The van der Waals surface area contributed by atoms with Gasteiger partial charge in [0.25, 0.3) is 0 Å². The van der Waals surface area contributed by atoms with Crippen LogP contribution in [0.4, 0.5) is 0 Å². The van der Waals surface area contributed by atoms with Gasteiger partial charge in [-0.15, -0.1) is 0 Å². The Kier molecular flexibility index (Phi) is 3.70. The molecule has 1 saturated heterocycles. The number of carbonyl (C=O) groups excluding carboxylic acids is 2. The third-order valence-electron chi connectivity index (χ3n) is 4.68. The predicted octanol–water partition coefficient (Wildman–Crippen LogP) is 2.38. The summed E-state index contributed by atoms with van der Waals surface area (Å²) < 4.78 is 5.20. The quantitative estimate of drug-likeness (QED) is 0.781. The van der Waals surface area contributed by atoms with E-state index in [4.69, 9.17) is 4.74 Å².